The molecule has 1 N–H and O–H groups in total. The minimum atomic E-state index is -1.14. The fraction of sp³-hybridized carbons (Fsp3) is 0.588. The molecular formula is C17H25KO3. The van der Waals surface area contributed by atoms with Crippen LogP contribution >= 0.6 is 0 Å². The number of carboxylic acids is 1. The molecule has 1 rings (SSSR count). The van der Waals surface area contributed by atoms with Gasteiger partial charge in [0.05, 0.1) is 5.56 Å². The summed E-state index contributed by atoms with van der Waals surface area (Å²) in [6, 6.07) is 4.64. The van der Waals surface area contributed by atoms with Crippen LogP contribution < -0.4 is 56.5 Å². The van der Waals surface area contributed by atoms with Gasteiger partial charge in [-0.3, -0.25) is 0 Å². The number of unbranched alkanes of at least 4 members (excludes halogenated alkanes) is 7. The van der Waals surface area contributed by atoms with Gasteiger partial charge in [0, 0.05) is 0 Å². The van der Waals surface area contributed by atoms with E-state index in [4.69, 9.17) is 5.11 Å². The van der Waals surface area contributed by atoms with Gasteiger partial charge < -0.3 is 10.2 Å². The van der Waals surface area contributed by atoms with E-state index < -0.39 is 5.97 Å². The van der Waals surface area contributed by atoms with E-state index in [1.807, 2.05) is 0 Å². The van der Waals surface area contributed by atoms with Gasteiger partial charge in [0.2, 0.25) is 0 Å². The fourth-order valence-corrected chi connectivity index (χ4v) is 2.36. The zero-order valence-corrected chi connectivity index (χ0v) is 16.5. The largest absolute Gasteiger partial charge is 1.00 e. The van der Waals surface area contributed by atoms with Crippen molar-refractivity contribution in [3.63, 3.8) is 0 Å². The molecule has 0 saturated carbocycles. The molecule has 1 aromatic carbocycles. The predicted octanol–water partition coefficient (Wildman–Crippen LogP) is 1.15. The van der Waals surface area contributed by atoms with Crippen LogP contribution in [0.4, 0.5) is 0 Å². The number of hydrogen-bond donors (Lipinski definition) is 1. The Morgan fingerprint density at radius 1 is 1.05 bits per heavy atom. The van der Waals surface area contributed by atoms with Gasteiger partial charge in [-0.25, -0.2) is 4.79 Å². The van der Waals surface area contributed by atoms with Gasteiger partial charge in [-0.1, -0.05) is 69.8 Å². The zero-order valence-electron chi connectivity index (χ0n) is 13.4. The van der Waals surface area contributed by atoms with Crippen LogP contribution in [-0.2, 0) is 6.42 Å². The molecule has 4 heteroatoms. The SMILES string of the molecule is CCCCCCCCCCc1ccc(C(=O)O)c([O-])c1.[K+]. The second-order valence-electron chi connectivity index (χ2n) is 5.36. The third-order valence-electron chi connectivity index (χ3n) is 3.60. The first-order valence-corrected chi connectivity index (χ1v) is 7.68. The second kappa shape index (κ2) is 12.6. The van der Waals surface area contributed by atoms with Crippen molar-refractivity contribution in [3.8, 4) is 5.75 Å². The van der Waals surface area contributed by atoms with Crippen LogP contribution in [-0.4, -0.2) is 11.1 Å². The van der Waals surface area contributed by atoms with Crippen LogP contribution in [0.15, 0.2) is 18.2 Å². The molecule has 0 radical (unpaired) electrons. The molecule has 1 aromatic rings. The Balaban J connectivity index is 0.00000400. The van der Waals surface area contributed by atoms with Crippen molar-refractivity contribution in [1.82, 2.24) is 0 Å². The van der Waals surface area contributed by atoms with Crippen LogP contribution in [0.1, 0.15) is 74.2 Å². The first kappa shape index (κ1) is 21.1. The molecule has 0 heterocycles. The molecule has 112 valence electrons. The maximum atomic E-state index is 11.5. The summed E-state index contributed by atoms with van der Waals surface area (Å²) in [7, 11) is 0. The topological polar surface area (TPSA) is 60.4 Å². The van der Waals surface area contributed by atoms with Crippen LogP contribution in [0.3, 0.4) is 0 Å². The van der Waals surface area contributed by atoms with Gasteiger partial charge in [0.1, 0.15) is 0 Å². The summed E-state index contributed by atoms with van der Waals surface area (Å²) < 4.78 is 0. The third kappa shape index (κ3) is 8.99. The van der Waals surface area contributed by atoms with E-state index in [1.165, 1.54) is 57.1 Å². The maximum absolute atomic E-state index is 11.5. The van der Waals surface area contributed by atoms with Gasteiger partial charge in [0.15, 0.2) is 0 Å². The van der Waals surface area contributed by atoms with Crippen molar-refractivity contribution in [1.29, 1.82) is 0 Å². The van der Waals surface area contributed by atoms with Gasteiger partial charge in [-0.15, -0.1) is 0 Å². The quantitative estimate of drug-likeness (QED) is 0.520. The van der Waals surface area contributed by atoms with E-state index in [0.717, 1.165) is 18.4 Å². The van der Waals surface area contributed by atoms with Crippen molar-refractivity contribution >= 4 is 5.97 Å². The Morgan fingerprint density at radius 2 is 1.62 bits per heavy atom. The molecule has 0 aliphatic carbocycles. The number of aromatic carboxylic acids is 1. The molecule has 0 spiro atoms. The molecule has 0 unspecified atom stereocenters. The van der Waals surface area contributed by atoms with Gasteiger partial charge in [-0.2, -0.15) is 0 Å². The summed E-state index contributed by atoms with van der Waals surface area (Å²) in [4.78, 5) is 10.7. The maximum Gasteiger partial charge on any atom is 1.00 e. The summed E-state index contributed by atoms with van der Waals surface area (Å²) in [6.45, 7) is 2.22. The summed E-state index contributed by atoms with van der Waals surface area (Å²) in [5, 5.41) is 20.3. The summed E-state index contributed by atoms with van der Waals surface area (Å²) >= 11 is 0. The van der Waals surface area contributed by atoms with Crippen LogP contribution in [0.25, 0.3) is 0 Å². The Bertz CT molecular complexity index is 418. The minimum Gasteiger partial charge on any atom is -0.872 e. The fourth-order valence-electron chi connectivity index (χ4n) is 2.36. The van der Waals surface area contributed by atoms with Crippen LogP contribution in [0.2, 0.25) is 0 Å². The molecule has 0 aliphatic heterocycles. The van der Waals surface area contributed by atoms with Crippen molar-refractivity contribution in [2.24, 2.45) is 0 Å². The normalized spacial score (nSPS) is 10.1. The van der Waals surface area contributed by atoms with Crippen LogP contribution in [0.5, 0.6) is 5.75 Å². The van der Waals surface area contributed by atoms with Crippen LogP contribution in [0, 0.1) is 0 Å². The summed E-state index contributed by atoms with van der Waals surface area (Å²) in [5.74, 6) is -1.52. The number of rotatable bonds is 10. The van der Waals surface area contributed by atoms with E-state index in [9.17, 15) is 9.90 Å². The molecule has 0 bridgehead atoms. The molecule has 0 aliphatic rings. The minimum absolute atomic E-state index is 0. The number of benzene rings is 1. The monoisotopic (exact) mass is 316 g/mol. The Labute approximate surface area is 170 Å². The third-order valence-corrected chi connectivity index (χ3v) is 3.60. The number of aryl methyl sites for hydroxylation is 1. The van der Waals surface area contributed by atoms with Crippen molar-refractivity contribution in [2.75, 3.05) is 0 Å². The number of hydrogen-bond acceptors (Lipinski definition) is 2. The van der Waals surface area contributed by atoms with Gasteiger partial charge >= 0.3 is 57.4 Å². The first-order chi connectivity index (χ1) is 9.65. The molecule has 0 saturated heterocycles. The Hall–Kier alpha value is 0.126. The second-order valence-corrected chi connectivity index (χ2v) is 5.36. The van der Waals surface area contributed by atoms with E-state index in [2.05, 4.69) is 6.92 Å². The molecular weight excluding hydrogens is 291 g/mol. The zero-order chi connectivity index (χ0) is 14.8. The molecule has 21 heavy (non-hydrogen) atoms. The molecule has 0 amide bonds. The van der Waals surface area contributed by atoms with E-state index in [1.54, 1.807) is 6.07 Å². The van der Waals surface area contributed by atoms with Gasteiger partial charge in [0.25, 0.3) is 0 Å². The summed E-state index contributed by atoms with van der Waals surface area (Å²) in [6.07, 6.45) is 10.9. The van der Waals surface area contributed by atoms with Crippen molar-refractivity contribution in [2.45, 2.75) is 64.7 Å². The Kier molecular flexibility index (Phi) is 12.7. The van der Waals surface area contributed by atoms with Gasteiger partial charge in [-0.05, 0) is 24.5 Å². The average Bonchev–Trinajstić information content (AvgIpc) is 2.41. The predicted molar refractivity (Wildman–Crippen MR) is 79.2 cm³/mol. The van der Waals surface area contributed by atoms with E-state index in [0.29, 0.717) is 0 Å². The average molecular weight is 316 g/mol. The standard InChI is InChI=1S/C17H26O3.K/c1-2-3-4-5-6-7-8-9-10-14-11-12-15(17(19)20)16(18)13-14;/h11-13,18H,2-10H2,1H3,(H,19,20);/q;+1/p-1. The summed E-state index contributed by atoms with van der Waals surface area (Å²) in [5.41, 5.74) is 0.815. The first-order valence-electron chi connectivity index (χ1n) is 7.68. The number of carboxylic acid groups (broad SMARTS) is 1. The smallest absolute Gasteiger partial charge is 0.872 e. The molecule has 0 aromatic heterocycles. The van der Waals surface area contributed by atoms with Crippen molar-refractivity contribution in [3.05, 3.63) is 29.3 Å². The van der Waals surface area contributed by atoms with Crippen molar-refractivity contribution < 1.29 is 66.4 Å². The van der Waals surface area contributed by atoms with E-state index in [-0.39, 0.29) is 62.7 Å². The molecule has 3 nitrogen and oxygen atoms in total. The number of carbonyl (C=O) groups is 1. The molecule has 0 atom stereocenters. The van der Waals surface area contributed by atoms with E-state index >= 15 is 0 Å². The molecule has 0 fully saturated rings. The Morgan fingerprint density at radius 3 is 2.14 bits per heavy atom.